The molecule has 0 aliphatic carbocycles. The van der Waals surface area contributed by atoms with Crippen LogP contribution in [0.15, 0.2) is 18.2 Å². The Morgan fingerprint density at radius 3 is 2.56 bits per heavy atom. The van der Waals surface area contributed by atoms with Crippen LogP contribution in [0.4, 0.5) is 23.3 Å². The summed E-state index contributed by atoms with van der Waals surface area (Å²) >= 11 is 12.3. The zero-order chi connectivity index (χ0) is 13.3. The van der Waals surface area contributed by atoms with E-state index in [1.807, 2.05) is 13.0 Å². The highest BCUT2D eigenvalue weighted by Crippen LogP contribution is 2.34. The molecule has 0 fully saturated rings. The molecule has 5 N–H and O–H groups in total. The molecular weight excluding hydrogens is 273 g/mol. The molecule has 0 radical (unpaired) electrons. The van der Waals surface area contributed by atoms with Crippen LogP contribution in [0.2, 0.25) is 10.0 Å². The number of nitrogens with two attached hydrogens (primary N) is 2. The number of rotatable bonds is 2. The number of nitrogens with one attached hydrogen (secondary N) is 1. The maximum Gasteiger partial charge on any atom is 0.223 e. The van der Waals surface area contributed by atoms with Crippen molar-refractivity contribution in [1.29, 1.82) is 0 Å². The molecule has 1 aromatic heterocycles. The molecule has 1 aromatic carbocycles. The second-order valence-electron chi connectivity index (χ2n) is 3.71. The van der Waals surface area contributed by atoms with Gasteiger partial charge in [-0.05, 0) is 18.6 Å². The van der Waals surface area contributed by atoms with Gasteiger partial charge in [-0.25, -0.2) is 0 Å². The van der Waals surface area contributed by atoms with E-state index in [1.54, 1.807) is 12.1 Å². The molecule has 2 aromatic rings. The van der Waals surface area contributed by atoms with Crippen LogP contribution in [0.1, 0.15) is 5.56 Å². The normalized spacial score (nSPS) is 10.4. The van der Waals surface area contributed by atoms with Gasteiger partial charge in [0.15, 0.2) is 0 Å². The van der Waals surface area contributed by atoms with E-state index in [2.05, 4.69) is 15.3 Å². The van der Waals surface area contributed by atoms with Gasteiger partial charge in [-0.15, -0.1) is 0 Å². The predicted octanol–water partition coefficient (Wildman–Crippen LogP) is 3.00. The van der Waals surface area contributed by atoms with Crippen LogP contribution >= 0.6 is 23.2 Å². The third-order valence-electron chi connectivity index (χ3n) is 2.30. The third kappa shape index (κ3) is 2.57. The first kappa shape index (κ1) is 12.7. The van der Waals surface area contributed by atoms with Crippen molar-refractivity contribution in [2.24, 2.45) is 0 Å². The van der Waals surface area contributed by atoms with E-state index in [9.17, 15) is 0 Å². The van der Waals surface area contributed by atoms with Gasteiger partial charge in [-0.1, -0.05) is 29.3 Å². The molecule has 0 atom stereocenters. The van der Waals surface area contributed by atoms with Gasteiger partial charge < -0.3 is 16.8 Å². The molecule has 0 spiro atoms. The summed E-state index contributed by atoms with van der Waals surface area (Å²) in [6.45, 7) is 1.88. The number of anilines is 4. The Hall–Kier alpha value is -1.72. The summed E-state index contributed by atoms with van der Waals surface area (Å²) in [7, 11) is 0. The van der Waals surface area contributed by atoms with Crippen molar-refractivity contribution in [2.75, 3.05) is 16.8 Å². The Bertz CT molecular complexity index is 580. The van der Waals surface area contributed by atoms with Gasteiger partial charge in [0.2, 0.25) is 5.95 Å². The first-order chi connectivity index (χ1) is 8.47. The van der Waals surface area contributed by atoms with Crippen molar-refractivity contribution < 1.29 is 0 Å². The van der Waals surface area contributed by atoms with Gasteiger partial charge in [-0.3, -0.25) is 0 Å². The molecule has 0 aliphatic rings. The number of nitrogen functional groups attached to an aromatic ring is 2. The van der Waals surface area contributed by atoms with Crippen LogP contribution in [-0.4, -0.2) is 9.97 Å². The molecule has 94 valence electrons. The van der Waals surface area contributed by atoms with Crippen LogP contribution in [0.5, 0.6) is 0 Å². The summed E-state index contributed by atoms with van der Waals surface area (Å²) in [6.07, 6.45) is 0. The summed E-state index contributed by atoms with van der Waals surface area (Å²) in [4.78, 5) is 7.78. The van der Waals surface area contributed by atoms with Crippen molar-refractivity contribution in [2.45, 2.75) is 6.92 Å². The fourth-order valence-corrected chi connectivity index (χ4v) is 1.91. The molecule has 0 saturated heterocycles. The molecule has 7 heteroatoms. The molecule has 0 bridgehead atoms. The quantitative estimate of drug-likeness (QED) is 0.788. The van der Waals surface area contributed by atoms with Crippen molar-refractivity contribution >= 4 is 46.5 Å². The predicted molar refractivity (Wildman–Crippen MR) is 75.3 cm³/mol. The Morgan fingerprint density at radius 1 is 1.17 bits per heavy atom. The third-order valence-corrected chi connectivity index (χ3v) is 3.10. The fourth-order valence-electron chi connectivity index (χ4n) is 1.45. The largest absolute Gasteiger partial charge is 0.383 e. The highest BCUT2D eigenvalue weighted by atomic mass is 35.5. The van der Waals surface area contributed by atoms with E-state index in [0.717, 1.165) is 5.56 Å². The number of nitrogens with zero attached hydrogens (tertiary/aromatic N) is 2. The number of hydrogen-bond donors (Lipinski definition) is 3. The monoisotopic (exact) mass is 283 g/mol. The fraction of sp³-hybridized carbons (Fsp3) is 0.0909. The summed E-state index contributed by atoms with van der Waals surface area (Å²) < 4.78 is 0. The van der Waals surface area contributed by atoms with Crippen molar-refractivity contribution in [3.8, 4) is 0 Å². The number of halogens is 2. The number of aromatic nitrogens is 2. The van der Waals surface area contributed by atoms with E-state index in [1.165, 1.54) is 0 Å². The van der Waals surface area contributed by atoms with Gasteiger partial charge in [0, 0.05) is 6.07 Å². The van der Waals surface area contributed by atoms with Crippen LogP contribution in [0, 0.1) is 6.92 Å². The summed E-state index contributed by atoms with van der Waals surface area (Å²) in [5.74, 6) is 0.789. The summed E-state index contributed by atoms with van der Waals surface area (Å²) in [6, 6.07) is 5.13. The maximum absolute atomic E-state index is 6.18. The molecule has 0 unspecified atom stereocenters. The lowest BCUT2D eigenvalue weighted by atomic mass is 10.2. The Balaban J connectivity index is 2.42. The molecular formula is C11H11Cl2N5. The molecule has 18 heavy (non-hydrogen) atoms. The van der Waals surface area contributed by atoms with Crippen LogP contribution in [0.25, 0.3) is 0 Å². The van der Waals surface area contributed by atoms with E-state index in [0.29, 0.717) is 21.6 Å². The standard InChI is InChI=1S/C11H11Cl2N5/c1-5-2-3-6(12)10(9(5)13)17-8-4-7(14)16-11(15)18-8/h2-4H,1H3,(H5,14,15,16,17,18). The average molecular weight is 284 g/mol. The molecule has 0 aliphatic heterocycles. The van der Waals surface area contributed by atoms with Gasteiger partial charge in [0.1, 0.15) is 11.6 Å². The average Bonchev–Trinajstić information content (AvgIpc) is 2.28. The molecule has 2 rings (SSSR count). The van der Waals surface area contributed by atoms with Crippen molar-refractivity contribution in [3.63, 3.8) is 0 Å². The summed E-state index contributed by atoms with van der Waals surface area (Å²) in [5.41, 5.74) is 12.6. The zero-order valence-electron chi connectivity index (χ0n) is 9.54. The first-order valence-corrected chi connectivity index (χ1v) is 5.84. The Morgan fingerprint density at radius 2 is 1.89 bits per heavy atom. The molecule has 1 heterocycles. The highest BCUT2D eigenvalue weighted by molar-refractivity contribution is 6.39. The SMILES string of the molecule is Cc1ccc(Cl)c(Nc2cc(N)nc(N)n2)c1Cl. The zero-order valence-corrected chi connectivity index (χ0v) is 11.0. The maximum atomic E-state index is 6.18. The van der Waals surface area contributed by atoms with E-state index in [-0.39, 0.29) is 11.8 Å². The smallest absolute Gasteiger partial charge is 0.223 e. The van der Waals surface area contributed by atoms with Gasteiger partial charge in [-0.2, -0.15) is 9.97 Å². The van der Waals surface area contributed by atoms with Gasteiger partial charge >= 0.3 is 0 Å². The number of benzene rings is 1. The minimum Gasteiger partial charge on any atom is -0.383 e. The topological polar surface area (TPSA) is 89.8 Å². The minimum absolute atomic E-state index is 0.0809. The molecule has 5 nitrogen and oxygen atoms in total. The van der Waals surface area contributed by atoms with Gasteiger partial charge in [0.05, 0.1) is 15.7 Å². The molecule has 0 saturated carbocycles. The van der Waals surface area contributed by atoms with E-state index < -0.39 is 0 Å². The Kier molecular flexibility index (Phi) is 3.45. The molecule has 0 amide bonds. The highest BCUT2D eigenvalue weighted by Gasteiger charge is 2.10. The lowest BCUT2D eigenvalue weighted by Gasteiger charge is -2.12. The second-order valence-corrected chi connectivity index (χ2v) is 4.50. The lowest BCUT2D eigenvalue weighted by Crippen LogP contribution is -2.03. The van der Waals surface area contributed by atoms with Gasteiger partial charge in [0.25, 0.3) is 0 Å². The first-order valence-electron chi connectivity index (χ1n) is 5.09. The van der Waals surface area contributed by atoms with E-state index >= 15 is 0 Å². The number of hydrogen-bond acceptors (Lipinski definition) is 5. The van der Waals surface area contributed by atoms with E-state index in [4.69, 9.17) is 34.7 Å². The number of aryl methyl sites for hydroxylation is 1. The van der Waals surface area contributed by atoms with Crippen LogP contribution in [0.3, 0.4) is 0 Å². The second kappa shape index (κ2) is 4.88. The Labute approximate surface area is 114 Å². The van der Waals surface area contributed by atoms with Crippen LogP contribution in [-0.2, 0) is 0 Å². The lowest BCUT2D eigenvalue weighted by molar-refractivity contribution is 1.19. The van der Waals surface area contributed by atoms with Crippen LogP contribution < -0.4 is 16.8 Å². The van der Waals surface area contributed by atoms with Crippen molar-refractivity contribution in [1.82, 2.24) is 9.97 Å². The minimum atomic E-state index is 0.0809. The summed E-state index contributed by atoms with van der Waals surface area (Å²) in [5, 5.41) is 4.00. The van der Waals surface area contributed by atoms with Crippen molar-refractivity contribution in [3.05, 3.63) is 33.8 Å².